The quantitative estimate of drug-likeness (QED) is 0.445. The molecule has 1 heterocycles. The van der Waals surface area contributed by atoms with Gasteiger partial charge in [0.15, 0.2) is 0 Å². The summed E-state index contributed by atoms with van der Waals surface area (Å²) < 4.78 is 0. The molecule has 0 aromatic carbocycles. The minimum atomic E-state index is -1.41. The van der Waals surface area contributed by atoms with E-state index in [1.807, 2.05) is 13.8 Å². The summed E-state index contributed by atoms with van der Waals surface area (Å²) in [6.07, 6.45) is 2.77. The Balaban J connectivity index is 0.000000371. The van der Waals surface area contributed by atoms with Crippen LogP contribution in [0.5, 0.6) is 0 Å². The smallest absolute Gasteiger partial charge is 0.423 e. The van der Waals surface area contributed by atoms with Crippen LogP contribution in [0.15, 0.2) is 12.4 Å². The van der Waals surface area contributed by atoms with Gasteiger partial charge in [-0.25, -0.2) is 0 Å². The average Bonchev–Trinajstić information content (AvgIpc) is 2.42. The Hall–Kier alpha value is -0.805. The topological polar surface area (TPSA) is 69.1 Å². The molecule has 0 aliphatic rings. The predicted octanol–water partition coefficient (Wildman–Crippen LogP) is -0.884. The van der Waals surface area contributed by atoms with Gasteiger partial charge in [0.2, 0.25) is 0 Å². The van der Waals surface area contributed by atoms with Crippen molar-refractivity contribution in [3.8, 4) is 0 Å². The van der Waals surface area contributed by atoms with E-state index in [2.05, 4.69) is 10.2 Å². The zero-order valence-corrected chi connectivity index (χ0v) is 6.07. The van der Waals surface area contributed by atoms with Crippen molar-refractivity contribution in [2.75, 3.05) is 0 Å². The Labute approximate surface area is 60.0 Å². The molecule has 5 heteroatoms. The molecule has 0 amide bonds. The number of hydrogen-bond donors (Lipinski definition) is 3. The largest absolute Gasteiger partial charge is 0.491 e. The van der Waals surface area contributed by atoms with Crippen molar-refractivity contribution >= 4 is 12.6 Å². The third-order valence-corrected chi connectivity index (χ3v) is 0.818. The average molecular weight is 142 g/mol. The molecule has 0 saturated heterocycles. The number of hydrogen-bond acceptors (Lipinski definition) is 3. The molecule has 4 nitrogen and oxygen atoms in total. The summed E-state index contributed by atoms with van der Waals surface area (Å²) in [7, 11) is -1.41. The zero-order valence-electron chi connectivity index (χ0n) is 6.07. The standard InChI is InChI=1S/C3H5BN2O2.C2H6/c7-4(8)3-1-5-6-2-3;1-2/h1-2,7-8H,(H,5,6);1-2H3. The number of aromatic nitrogens is 2. The lowest BCUT2D eigenvalue weighted by Gasteiger charge is -1.85. The van der Waals surface area contributed by atoms with E-state index in [9.17, 15) is 0 Å². The van der Waals surface area contributed by atoms with Gasteiger partial charge in [0.1, 0.15) is 0 Å². The molecule has 1 aromatic heterocycles. The maximum Gasteiger partial charge on any atom is 0.491 e. The highest BCUT2D eigenvalue weighted by molar-refractivity contribution is 6.58. The maximum atomic E-state index is 8.41. The van der Waals surface area contributed by atoms with Crippen LogP contribution in [-0.4, -0.2) is 27.4 Å². The molecule has 3 N–H and O–H groups in total. The first kappa shape index (κ1) is 9.19. The highest BCUT2D eigenvalue weighted by Gasteiger charge is 2.09. The van der Waals surface area contributed by atoms with Crippen molar-refractivity contribution < 1.29 is 10.0 Å². The van der Waals surface area contributed by atoms with Gasteiger partial charge >= 0.3 is 7.12 Å². The summed E-state index contributed by atoms with van der Waals surface area (Å²) in [4.78, 5) is 0. The van der Waals surface area contributed by atoms with E-state index < -0.39 is 7.12 Å². The van der Waals surface area contributed by atoms with E-state index in [0.29, 0.717) is 5.46 Å². The van der Waals surface area contributed by atoms with Crippen molar-refractivity contribution in [3.05, 3.63) is 12.4 Å². The van der Waals surface area contributed by atoms with E-state index in [1.54, 1.807) is 0 Å². The van der Waals surface area contributed by atoms with Crippen molar-refractivity contribution in [2.24, 2.45) is 0 Å². The summed E-state index contributed by atoms with van der Waals surface area (Å²) in [5.41, 5.74) is 0.380. The molecule has 0 radical (unpaired) electrons. The van der Waals surface area contributed by atoms with E-state index in [-0.39, 0.29) is 0 Å². The second-order valence-electron chi connectivity index (χ2n) is 1.41. The van der Waals surface area contributed by atoms with Gasteiger partial charge in [-0.3, -0.25) is 5.10 Å². The SMILES string of the molecule is CC.OB(O)c1cn[nH]c1. The molecule has 0 saturated carbocycles. The Kier molecular flexibility index (Phi) is 4.61. The van der Waals surface area contributed by atoms with Crippen LogP contribution in [0, 0.1) is 0 Å². The number of rotatable bonds is 1. The van der Waals surface area contributed by atoms with Crippen molar-refractivity contribution in [1.82, 2.24) is 10.2 Å². The van der Waals surface area contributed by atoms with Crippen LogP contribution in [0.2, 0.25) is 0 Å². The molecule has 0 aliphatic heterocycles. The van der Waals surface area contributed by atoms with Gasteiger partial charge in [-0.05, 0) is 0 Å². The molecule has 56 valence electrons. The number of nitrogens with one attached hydrogen (secondary N) is 1. The van der Waals surface area contributed by atoms with Gasteiger partial charge in [-0.15, -0.1) is 0 Å². The van der Waals surface area contributed by atoms with E-state index in [4.69, 9.17) is 10.0 Å². The zero-order chi connectivity index (χ0) is 7.98. The van der Waals surface area contributed by atoms with Crippen LogP contribution in [0.25, 0.3) is 0 Å². The van der Waals surface area contributed by atoms with Gasteiger partial charge in [0.05, 0.1) is 0 Å². The summed E-state index contributed by atoms with van der Waals surface area (Å²) in [6.45, 7) is 4.00. The lowest BCUT2D eigenvalue weighted by molar-refractivity contribution is 0.426. The lowest BCUT2D eigenvalue weighted by atomic mass is 9.83. The summed E-state index contributed by atoms with van der Waals surface area (Å²) in [6, 6.07) is 0. The normalized spacial score (nSPS) is 8.00. The minimum Gasteiger partial charge on any atom is -0.423 e. The first-order valence-electron chi connectivity index (χ1n) is 3.15. The Bertz CT molecular complexity index is 153. The summed E-state index contributed by atoms with van der Waals surface area (Å²) in [5.74, 6) is 0. The molecule has 10 heavy (non-hydrogen) atoms. The summed E-state index contributed by atoms with van der Waals surface area (Å²) >= 11 is 0. The number of H-pyrrole nitrogens is 1. The molecule has 0 fully saturated rings. The molecule has 0 atom stereocenters. The van der Waals surface area contributed by atoms with E-state index >= 15 is 0 Å². The lowest BCUT2D eigenvalue weighted by Crippen LogP contribution is -2.28. The first-order chi connectivity index (χ1) is 4.80. The van der Waals surface area contributed by atoms with Crippen LogP contribution >= 0.6 is 0 Å². The molecule has 1 aromatic rings. The molecular formula is C5H11BN2O2. The fourth-order valence-corrected chi connectivity index (χ4v) is 0.402. The van der Waals surface area contributed by atoms with Gasteiger partial charge in [0.25, 0.3) is 0 Å². The first-order valence-corrected chi connectivity index (χ1v) is 3.15. The van der Waals surface area contributed by atoms with Gasteiger partial charge < -0.3 is 10.0 Å². The minimum absolute atomic E-state index is 0.380. The third-order valence-electron chi connectivity index (χ3n) is 0.818. The molecule has 0 spiro atoms. The fraction of sp³-hybridized carbons (Fsp3) is 0.400. The predicted molar refractivity (Wildman–Crippen MR) is 39.8 cm³/mol. The second kappa shape index (κ2) is 5.02. The van der Waals surface area contributed by atoms with E-state index in [1.165, 1.54) is 12.4 Å². The number of aromatic amines is 1. The monoisotopic (exact) mass is 142 g/mol. The second-order valence-corrected chi connectivity index (χ2v) is 1.41. The van der Waals surface area contributed by atoms with Crippen molar-refractivity contribution in [2.45, 2.75) is 13.8 Å². The Morgan fingerprint density at radius 2 is 2.10 bits per heavy atom. The molecular weight excluding hydrogens is 131 g/mol. The Morgan fingerprint density at radius 3 is 2.30 bits per heavy atom. The fourth-order valence-electron chi connectivity index (χ4n) is 0.402. The molecule has 0 bridgehead atoms. The van der Waals surface area contributed by atoms with Crippen molar-refractivity contribution in [1.29, 1.82) is 0 Å². The maximum absolute atomic E-state index is 8.41. The van der Waals surface area contributed by atoms with Crippen molar-refractivity contribution in [3.63, 3.8) is 0 Å². The highest BCUT2D eigenvalue weighted by atomic mass is 16.4. The number of nitrogens with zero attached hydrogens (tertiary/aromatic N) is 1. The van der Waals surface area contributed by atoms with Crippen LogP contribution in [0.4, 0.5) is 0 Å². The van der Waals surface area contributed by atoms with E-state index in [0.717, 1.165) is 0 Å². The van der Waals surface area contributed by atoms with Crippen LogP contribution < -0.4 is 5.46 Å². The molecule has 0 aliphatic carbocycles. The van der Waals surface area contributed by atoms with Crippen LogP contribution in [-0.2, 0) is 0 Å². The van der Waals surface area contributed by atoms with Crippen LogP contribution in [0.3, 0.4) is 0 Å². The van der Waals surface area contributed by atoms with Gasteiger partial charge in [-0.2, -0.15) is 5.10 Å². The third kappa shape index (κ3) is 2.66. The van der Waals surface area contributed by atoms with Gasteiger partial charge in [-0.1, -0.05) is 13.8 Å². The molecule has 0 unspecified atom stereocenters. The van der Waals surface area contributed by atoms with Gasteiger partial charge in [0, 0.05) is 17.9 Å². The summed E-state index contributed by atoms with van der Waals surface area (Å²) in [5, 5.41) is 22.8. The van der Waals surface area contributed by atoms with Crippen LogP contribution in [0.1, 0.15) is 13.8 Å². The molecule has 1 rings (SSSR count). The highest BCUT2D eigenvalue weighted by Crippen LogP contribution is 1.71. The Morgan fingerprint density at radius 1 is 1.50 bits per heavy atom.